The summed E-state index contributed by atoms with van der Waals surface area (Å²) in [6.45, 7) is 2.05. The fourth-order valence-corrected chi connectivity index (χ4v) is 7.66. The zero-order chi connectivity index (χ0) is 45.3. The SMILES string of the molecule is Cn1cc(-c2cnc(N)c(C(=O)N[C@@H]3CCN(C(=O)c4ccc(C#CCCO)cc4)C3)c2)cn1.Cn1cc(-c2cnc(N)c(C(=O)N[C@@H]3CCN(C(=O)c4ccc(I)cc4)C3)c2)cn1. The van der Waals surface area contributed by atoms with Gasteiger partial charge >= 0.3 is 0 Å². The molecule has 0 unspecified atom stereocenters. The van der Waals surface area contributed by atoms with E-state index < -0.39 is 0 Å². The van der Waals surface area contributed by atoms with Gasteiger partial charge in [0.05, 0.1) is 30.1 Å². The van der Waals surface area contributed by atoms with E-state index in [2.05, 4.69) is 65.2 Å². The van der Waals surface area contributed by atoms with Crippen LogP contribution >= 0.6 is 22.6 Å². The summed E-state index contributed by atoms with van der Waals surface area (Å²) in [6, 6.07) is 17.7. The Morgan fingerprint density at radius 3 is 1.58 bits per heavy atom. The van der Waals surface area contributed by atoms with E-state index in [-0.39, 0.29) is 54.0 Å². The number of pyridine rings is 2. The molecular weight excluding hydrogens is 927 g/mol. The molecule has 0 saturated carbocycles. The molecule has 6 heterocycles. The number of benzene rings is 2. The zero-order valence-corrected chi connectivity index (χ0v) is 37.4. The Balaban J connectivity index is 0.000000193. The van der Waals surface area contributed by atoms with Gasteiger partial charge < -0.3 is 37.0 Å². The maximum atomic E-state index is 12.9. The van der Waals surface area contributed by atoms with Crippen LogP contribution in [0.1, 0.15) is 66.3 Å². The summed E-state index contributed by atoms with van der Waals surface area (Å²) in [5.41, 5.74) is 17.8. The number of nitrogens with two attached hydrogens (primary N) is 2. The van der Waals surface area contributed by atoms with Crippen LogP contribution in [-0.4, -0.2) is 113 Å². The van der Waals surface area contributed by atoms with Gasteiger partial charge in [0.15, 0.2) is 0 Å². The maximum absolute atomic E-state index is 12.9. The number of anilines is 2. The number of nitrogens with one attached hydrogen (secondary N) is 2. The Morgan fingerprint density at radius 1 is 0.703 bits per heavy atom. The first kappa shape index (κ1) is 44.9. The molecule has 2 atom stereocenters. The number of likely N-dealkylation sites (tertiary alicyclic amines) is 2. The number of aliphatic hydroxyl groups excluding tert-OH is 1. The molecule has 2 aliphatic rings. The van der Waals surface area contributed by atoms with E-state index in [1.165, 1.54) is 0 Å². The molecule has 328 valence electrons. The first-order valence-electron chi connectivity index (χ1n) is 20.5. The molecule has 18 heteroatoms. The number of amides is 4. The zero-order valence-electron chi connectivity index (χ0n) is 35.2. The van der Waals surface area contributed by atoms with E-state index >= 15 is 0 Å². The van der Waals surface area contributed by atoms with Crippen molar-refractivity contribution in [3.05, 3.63) is 129 Å². The van der Waals surface area contributed by atoms with Gasteiger partial charge in [-0.1, -0.05) is 11.8 Å². The van der Waals surface area contributed by atoms with Crippen molar-refractivity contribution in [1.82, 2.24) is 50.0 Å². The molecule has 2 fully saturated rings. The lowest BCUT2D eigenvalue weighted by atomic mass is 10.1. The predicted octanol–water partition coefficient (Wildman–Crippen LogP) is 3.76. The molecule has 7 N–H and O–H groups in total. The fraction of sp³-hybridized carbons (Fsp3) is 0.261. The topological polar surface area (TPSA) is 233 Å². The number of nitrogens with zero attached hydrogens (tertiary/aromatic N) is 8. The van der Waals surface area contributed by atoms with Crippen LogP contribution in [0.2, 0.25) is 0 Å². The summed E-state index contributed by atoms with van der Waals surface area (Å²) >= 11 is 2.21. The summed E-state index contributed by atoms with van der Waals surface area (Å²) < 4.78 is 4.44. The van der Waals surface area contributed by atoms with Gasteiger partial charge in [-0.15, -0.1) is 0 Å². The molecule has 0 bridgehead atoms. The second-order valence-corrected chi connectivity index (χ2v) is 16.6. The Kier molecular flexibility index (Phi) is 14.3. The Morgan fingerprint density at radius 2 is 1.16 bits per heavy atom. The maximum Gasteiger partial charge on any atom is 0.255 e. The molecule has 4 amide bonds. The highest BCUT2D eigenvalue weighted by Gasteiger charge is 2.30. The van der Waals surface area contributed by atoms with E-state index in [0.29, 0.717) is 67.7 Å². The highest BCUT2D eigenvalue weighted by Crippen LogP contribution is 2.24. The molecule has 17 nitrogen and oxygen atoms in total. The number of aliphatic hydroxyl groups is 1. The predicted molar refractivity (Wildman–Crippen MR) is 249 cm³/mol. The van der Waals surface area contributed by atoms with Gasteiger partial charge in [-0.2, -0.15) is 10.2 Å². The molecule has 0 aliphatic carbocycles. The third-order valence-electron chi connectivity index (χ3n) is 10.7. The third-order valence-corrected chi connectivity index (χ3v) is 11.4. The lowest BCUT2D eigenvalue weighted by Gasteiger charge is -2.17. The number of aryl methyl sites for hydroxylation is 2. The summed E-state index contributed by atoms with van der Waals surface area (Å²) in [6.07, 6.45) is 12.1. The van der Waals surface area contributed by atoms with Crippen LogP contribution in [0.25, 0.3) is 22.3 Å². The Labute approximate surface area is 383 Å². The fourth-order valence-electron chi connectivity index (χ4n) is 7.30. The first-order chi connectivity index (χ1) is 30.8. The van der Waals surface area contributed by atoms with E-state index in [0.717, 1.165) is 31.4 Å². The summed E-state index contributed by atoms with van der Waals surface area (Å²) in [5.74, 6) is 5.40. The van der Waals surface area contributed by atoms with Crippen LogP contribution in [0.5, 0.6) is 0 Å². The number of nitrogen functional groups attached to an aromatic ring is 2. The number of hydrogen-bond donors (Lipinski definition) is 5. The number of aromatic nitrogens is 6. The van der Waals surface area contributed by atoms with Crippen molar-refractivity contribution in [3.63, 3.8) is 0 Å². The van der Waals surface area contributed by atoms with Crippen LogP contribution in [-0.2, 0) is 14.1 Å². The smallest absolute Gasteiger partial charge is 0.255 e. The second-order valence-electron chi connectivity index (χ2n) is 15.4. The van der Waals surface area contributed by atoms with Crippen molar-refractivity contribution in [2.75, 3.05) is 44.3 Å². The third kappa shape index (κ3) is 11.1. The lowest BCUT2D eigenvalue weighted by molar-refractivity contribution is 0.0778. The molecule has 0 radical (unpaired) electrons. The van der Waals surface area contributed by atoms with Gasteiger partial charge in [0, 0.05) is 126 Å². The molecule has 8 rings (SSSR count). The van der Waals surface area contributed by atoms with Crippen molar-refractivity contribution in [3.8, 4) is 34.1 Å². The van der Waals surface area contributed by atoms with Gasteiger partial charge in [0.25, 0.3) is 23.6 Å². The molecular formula is C46H47IN12O5. The average molecular weight is 975 g/mol. The van der Waals surface area contributed by atoms with Gasteiger partial charge in [-0.25, -0.2) is 9.97 Å². The highest BCUT2D eigenvalue weighted by atomic mass is 127. The van der Waals surface area contributed by atoms with Crippen LogP contribution in [0, 0.1) is 15.4 Å². The first-order valence-corrected chi connectivity index (χ1v) is 21.6. The average Bonchev–Trinajstić information content (AvgIpc) is 4.14. The summed E-state index contributed by atoms with van der Waals surface area (Å²) in [7, 11) is 3.64. The van der Waals surface area contributed by atoms with E-state index in [4.69, 9.17) is 16.6 Å². The van der Waals surface area contributed by atoms with Gasteiger partial charge in [0.1, 0.15) is 11.6 Å². The molecule has 4 aromatic heterocycles. The molecule has 0 spiro atoms. The monoisotopic (exact) mass is 974 g/mol. The standard InChI is InChI=1S/C25H26N6O3.C21H21IN6O2/c1-30-15-20(14-28-30)19-12-22(23(26)27-13-19)24(33)29-21-9-10-31(16-21)25(34)18-7-5-17(6-8-18)4-2-3-11-32;1-27-11-15(10-25-27)14-8-18(19(23)24-9-14)20(29)26-17-6-7-28(12-17)21(30)13-2-4-16(22)5-3-13/h5-8,12-15,21,32H,3,9-11,16H2,1H3,(H2,26,27)(H,29,33);2-5,8-11,17H,6-7,12H2,1H3,(H2,23,24)(H,26,29)/t21-;17-/m11/s1. The summed E-state index contributed by atoms with van der Waals surface area (Å²) in [4.78, 5) is 63.2. The lowest BCUT2D eigenvalue weighted by Crippen LogP contribution is -2.38. The van der Waals surface area contributed by atoms with Crippen molar-refractivity contribution in [2.24, 2.45) is 14.1 Å². The van der Waals surface area contributed by atoms with Crippen LogP contribution in [0.4, 0.5) is 11.6 Å². The molecule has 2 aliphatic heterocycles. The number of carbonyl (C=O) groups excluding carboxylic acids is 4. The summed E-state index contributed by atoms with van der Waals surface area (Å²) in [5, 5.41) is 23.1. The Bertz CT molecular complexity index is 2720. The van der Waals surface area contributed by atoms with Gasteiger partial charge in [0.2, 0.25) is 0 Å². The van der Waals surface area contributed by atoms with Gasteiger partial charge in [-0.05, 0) is 96.1 Å². The minimum Gasteiger partial charge on any atom is -0.395 e. The molecule has 2 saturated heterocycles. The quantitative estimate of drug-likeness (QED) is 0.103. The van der Waals surface area contributed by atoms with Crippen LogP contribution in [0.3, 0.4) is 0 Å². The van der Waals surface area contributed by atoms with Crippen molar-refractivity contribution in [1.29, 1.82) is 0 Å². The molecule has 6 aromatic rings. The minimum absolute atomic E-state index is 0.0231. The van der Waals surface area contributed by atoms with E-state index in [9.17, 15) is 19.2 Å². The second kappa shape index (κ2) is 20.4. The molecule has 2 aromatic carbocycles. The van der Waals surface area contributed by atoms with Crippen LogP contribution in [0.15, 0.2) is 97.8 Å². The minimum atomic E-state index is -0.319. The van der Waals surface area contributed by atoms with E-state index in [1.54, 1.807) is 80.3 Å². The highest BCUT2D eigenvalue weighted by molar-refractivity contribution is 14.1. The van der Waals surface area contributed by atoms with E-state index in [1.807, 2.05) is 50.8 Å². The Hall–Kier alpha value is -7.11. The number of hydrogen-bond acceptors (Lipinski definition) is 11. The normalized spacial score (nSPS) is 15.4. The largest absolute Gasteiger partial charge is 0.395 e. The van der Waals surface area contributed by atoms with Crippen molar-refractivity contribution in [2.45, 2.75) is 31.3 Å². The van der Waals surface area contributed by atoms with Crippen molar-refractivity contribution < 1.29 is 24.3 Å². The number of carbonyl (C=O) groups is 4. The van der Waals surface area contributed by atoms with Crippen LogP contribution < -0.4 is 22.1 Å². The van der Waals surface area contributed by atoms with Gasteiger partial charge in [-0.3, -0.25) is 28.5 Å². The number of halogens is 1. The number of rotatable bonds is 9. The van der Waals surface area contributed by atoms with Crippen molar-refractivity contribution >= 4 is 57.9 Å². The molecule has 64 heavy (non-hydrogen) atoms.